The molecule has 0 aromatic carbocycles. The van der Waals surface area contributed by atoms with Crippen LogP contribution in [0, 0.1) is 0 Å². The van der Waals surface area contributed by atoms with Gasteiger partial charge in [0.25, 0.3) is 0 Å². The van der Waals surface area contributed by atoms with Crippen LogP contribution < -0.4 is 0 Å². The summed E-state index contributed by atoms with van der Waals surface area (Å²) in [5, 5.41) is -2.65. The largest absolute Gasteiger partial charge is 0.397 e. The van der Waals surface area contributed by atoms with Gasteiger partial charge in [0, 0.05) is 5.38 Å². The molecule has 2 N–H and O–H groups in total. The summed E-state index contributed by atoms with van der Waals surface area (Å²) in [4.78, 5) is 0. The highest BCUT2D eigenvalue weighted by Crippen LogP contribution is 2.30. The van der Waals surface area contributed by atoms with Crippen molar-refractivity contribution in [2.45, 2.75) is 131 Å². The lowest BCUT2D eigenvalue weighted by Crippen LogP contribution is -2.41. The summed E-state index contributed by atoms with van der Waals surface area (Å²) >= 11 is 25.7. The second-order valence-electron chi connectivity index (χ2n) is 9.01. The Balaban J connectivity index is 4.28. The van der Waals surface area contributed by atoms with Crippen LogP contribution in [0.1, 0.15) is 103 Å². The van der Waals surface area contributed by atoms with Crippen molar-refractivity contribution in [3.63, 3.8) is 0 Å². The van der Waals surface area contributed by atoms with E-state index in [4.69, 9.17) is 55.1 Å². The quantitative estimate of drug-likeness (QED) is 0.0640. The minimum absolute atomic E-state index is 0.0113. The van der Waals surface area contributed by atoms with Crippen molar-refractivity contribution in [1.29, 1.82) is 0 Å². The predicted octanol–water partition coefficient (Wildman–Crippen LogP) is 7.29. The third-order valence-corrected chi connectivity index (χ3v) is 8.63. The fraction of sp³-hybridized carbons (Fsp3) is 1.00. The van der Waals surface area contributed by atoms with Crippen LogP contribution in [-0.4, -0.2) is 60.2 Å². The molecule has 5 unspecified atom stereocenters. The predicted molar refractivity (Wildman–Crippen MR) is 147 cm³/mol. The summed E-state index contributed by atoms with van der Waals surface area (Å²) in [7, 11) is -9.12. The molecular formula is C22H42Cl4O8S2. The second kappa shape index (κ2) is 20.8. The average molecular weight is 641 g/mol. The van der Waals surface area contributed by atoms with Gasteiger partial charge >= 0.3 is 20.8 Å². The Hall–Kier alpha value is 0.900. The van der Waals surface area contributed by atoms with Crippen molar-refractivity contribution in [3.05, 3.63) is 0 Å². The molecule has 0 aromatic rings. The summed E-state index contributed by atoms with van der Waals surface area (Å²) in [6, 6.07) is 0. The highest BCUT2D eigenvalue weighted by atomic mass is 35.5. The lowest BCUT2D eigenvalue weighted by molar-refractivity contribution is 0.165. The molecule has 0 rings (SSSR count). The Morgan fingerprint density at radius 1 is 0.667 bits per heavy atom. The molecule has 218 valence electrons. The van der Waals surface area contributed by atoms with Gasteiger partial charge in [-0.2, -0.15) is 16.8 Å². The molecule has 0 aliphatic carbocycles. The summed E-state index contributed by atoms with van der Waals surface area (Å²) in [6.07, 6.45) is 11.6. The van der Waals surface area contributed by atoms with Crippen molar-refractivity contribution < 1.29 is 34.3 Å². The van der Waals surface area contributed by atoms with Crippen LogP contribution in [0.4, 0.5) is 0 Å². The third-order valence-electron chi connectivity index (χ3n) is 5.71. The molecule has 0 aliphatic rings. The average Bonchev–Trinajstić information content (AvgIpc) is 2.76. The van der Waals surface area contributed by atoms with E-state index in [1.165, 1.54) is 0 Å². The molecule has 0 amide bonds. The highest BCUT2D eigenvalue weighted by molar-refractivity contribution is 7.81. The summed E-state index contributed by atoms with van der Waals surface area (Å²) in [5.74, 6) is 0. The molecule has 0 aliphatic heterocycles. The molecule has 36 heavy (non-hydrogen) atoms. The lowest BCUT2D eigenvalue weighted by Gasteiger charge is -2.29. The molecular weight excluding hydrogens is 598 g/mol. The van der Waals surface area contributed by atoms with Crippen molar-refractivity contribution in [2.75, 3.05) is 6.61 Å². The van der Waals surface area contributed by atoms with Gasteiger partial charge in [0.1, 0.15) is 6.10 Å². The molecule has 0 fully saturated rings. The molecule has 0 saturated carbocycles. The molecule has 0 spiro atoms. The van der Waals surface area contributed by atoms with Crippen molar-refractivity contribution in [2.24, 2.45) is 0 Å². The van der Waals surface area contributed by atoms with Gasteiger partial charge in [0.05, 0.1) is 22.7 Å². The topological polar surface area (TPSA) is 127 Å². The maximum Gasteiger partial charge on any atom is 0.397 e. The monoisotopic (exact) mass is 638 g/mol. The maximum absolute atomic E-state index is 11.4. The van der Waals surface area contributed by atoms with E-state index in [9.17, 15) is 21.4 Å². The van der Waals surface area contributed by atoms with Crippen LogP contribution in [0.2, 0.25) is 0 Å². The number of rotatable bonds is 24. The molecule has 0 radical (unpaired) electrons. The molecule has 14 heteroatoms. The fourth-order valence-electron chi connectivity index (χ4n) is 3.77. The van der Waals surface area contributed by atoms with Gasteiger partial charge in [0.15, 0.2) is 0 Å². The number of hydrogen-bond acceptors (Lipinski definition) is 6. The molecule has 0 bridgehead atoms. The molecule has 5 atom stereocenters. The zero-order chi connectivity index (χ0) is 27.6. The Labute approximate surface area is 238 Å². The van der Waals surface area contributed by atoms with Crippen LogP contribution in [0.3, 0.4) is 0 Å². The summed E-state index contributed by atoms with van der Waals surface area (Å²) in [6.45, 7) is 2.08. The first-order valence-electron chi connectivity index (χ1n) is 12.6. The third kappa shape index (κ3) is 21.8. The number of halogens is 4. The van der Waals surface area contributed by atoms with Gasteiger partial charge in [-0.05, 0) is 25.7 Å². The first-order valence-corrected chi connectivity index (χ1v) is 17.1. The highest BCUT2D eigenvalue weighted by Gasteiger charge is 2.36. The maximum atomic E-state index is 11.4. The second-order valence-corrected chi connectivity index (χ2v) is 13.4. The van der Waals surface area contributed by atoms with E-state index in [0.29, 0.717) is 19.3 Å². The molecule has 8 nitrogen and oxygen atoms in total. The van der Waals surface area contributed by atoms with Crippen molar-refractivity contribution >= 4 is 67.2 Å². The Bertz CT molecular complexity index is 755. The van der Waals surface area contributed by atoms with E-state index in [2.05, 4.69) is 11.1 Å². The minimum atomic E-state index is -4.77. The van der Waals surface area contributed by atoms with Gasteiger partial charge in [0.2, 0.25) is 0 Å². The first-order chi connectivity index (χ1) is 16.8. The molecule has 0 saturated heterocycles. The zero-order valence-electron chi connectivity index (χ0n) is 20.9. The zero-order valence-corrected chi connectivity index (χ0v) is 25.5. The summed E-state index contributed by atoms with van der Waals surface area (Å²) in [5.41, 5.74) is 0. The van der Waals surface area contributed by atoms with Crippen LogP contribution >= 0.6 is 46.4 Å². The van der Waals surface area contributed by atoms with E-state index in [0.717, 1.165) is 70.6 Å². The van der Waals surface area contributed by atoms with E-state index < -0.39 is 43.0 Å². The van der Waals surface area contributed by atoms with Crippen LogP contribution in [0.25, 0.3) is 0 Å². The van der Waals surface area contributed by atoms with Gasteiger partial charge in [-0.15, -0.1) is 46.4 Å². The standard InChI is InChI=1S/C22H42Cl4O8S2/c1-2-3-4-12-15-19(24)21(26)22(34-36(30,31)32)20(25)17-18(23)14-11-9-7-5-6-8-10-13-16-33-35(27,28)29/h18-22H,2-17H2,1H3,(H,27,28,29)(H,30,31,32). The van der Waals surface area contributed by atoms with Crippen LogP contribution in [0.5, 0.6) is 0 Å². The minimum Gasteiger partial charge on any atom is -0.264 e. The SMILES string of the molecule is CCCCCCC(Cl)C(Cl)C(OS(=O)(=O)O)C(Cl)CC(Cl)CCCCCCCCCCOS(=O)(=O)O. The van der Waals surface area contributed by atoms with E-state index in [1.807, 2.05) is 0 Å². The Morgan fingerprint density at radius 3 is 1.69 bits per heavy atom. The smallest absolute Gasteiger partial charge is 0.264 e. The van der Waals surface area contributed by atoms with Crippen LogP contribution in [-0.2, 0) is 29.2 Å². The van der Waals surface area contributed by atoms with Gasteiger partial charge in [-0.3, -0.25) is 9.11 Å². The van der Waals surface area contributed by atoms with Crippen molar-refractivity contribution in [3.8, 4) is 0 Å². The molecule has 0 heterocycles. The van der Waals surface area contributed by atoms with E-state index in [1.54, 1.807) is 0 Å². The Morgan fingerprint density at radius 2 is 1.17 bits per heavy atom. The lowest BCUT2D eigenvalue weighted by atomic mass is 10.00. The van der Waals surface area contributed by atoms with Gasteiger partial charge in [-0.25, -0.2) is 8.37 Å². The fourth-order valence-corrected chi connectivity index (χ4v) is 6.34. The molecule has 0 aromatic heterocycles. The van der Waals surface area contributed by atoms with Crippen LogP contribution in [0.15, 0.2) is 0 Å². The number of alkyl halides is 4. The first kappa shape index (κ1) is 36.9. The number of unbranched alkanes of at least 4 members (excludes halogenated alkanes) is 10. The van der Waals surface area contributed by atoms with Gasteiger partial charge < -0.3 is 0 Å². The normalized spacial score (nSPS) is 17.0. The van der Waals surface area contributed by atoms with Crippen molar-refractivity contribution in [1.82, 2.24) is 0 Å². The number of hydrogen-bond donors (Lipinski definition) is 2. The Kier molecular flexibility index (Phi) is 21.3. The van der Waals surface area contributed by atoms with Gasteiger partial charge in [-0.1, -0.05) is 77.6 Å². The summed E-state index contributed by atoms with van der Waals surface area (Å²) < 4.78 is 70.4. The van der Waals surface area contributed by atoms with E-state index in [-0.39, 0.29) is 18.4 Å². The van der Waals surface area contributed by atoms with E-state index >= 15 is 0 Å².